The van der Waals surface area contributed by atoms with Crippen LogP contribution in [-0.4, -0.2) is 19.5 Å². The predicted molar refractivity (Wildman–Crippen MR) is 34.1 cm³/mol. The van der Waals surface area contributed by atoms with Crippen molar-refractivity contribution in [3.63, 3.8) is 0 Å². The Morgan fingerprint density at radius 1 is 1.56 bits per heavy atom. The third kappa shape index (κ3) is 1.23. The molecular weight excluding hydrogens is 140 g/mol. The van der Waals surface area contributed by atoms with Gasteiger partial charge in [0.15, 0.2) is 9.84 Å². The zero-order valence-corrected chi connectivity index (χ0v) is 5.82. The fourth-order valence-corrected chi connectivity index (χ4v) is 2.57. The molecule has 5 heteroatoms. The van der Waals surface area contributed by atoms with Crippen molar-refractivity contribution in [2.75, 3.05) is 5.75 Å². The molecule has 1 aliphatic rings. The lowest BCUT2D eigenvalue weighted by atomic mass is 10.3. The van der Waals surface area contributed by atoms with E-state index in [1.54, 1.807) is 0 Å². The Bertz CT molecular complexity index is 187. The summed E-state index contributed by atoms with van der Waals surface area (Å²) in [5.41, 5.74) is 2.27. The zero-order chi connectivity index (χ0) is 6.91. The van der Waals surface area contributed by atoms with Crippen molar-refractivity contribution in [3.05, 3.63) is 0 Å². The Labute approximate surface area is 54.3 Å². The average molecular weight is 150 g/mol. The van der Waals surface area contributed by atoms with Crippen molar-refractivity contribution in [1.82, 2.24) is 5.43 Å². The third-order valence-electron chi connectivity index (χ3n) is 1.51. The van der Waals surface area contributed by atoms with Crippen LogP contribution in [0.25, 0.3) is 0 Å². The van der Waals surface area contributed by atoms with E-state index in [9.17, 15) is 8.42 Å². The molecule has 1 aliphatic heterocycles. The smallest absolute Gasteiger partial charge is 0.167 e. The van der Waals surface area contributed by atoms with Crippen molar-refractivity contribution in [2.45, 2.75) is 18.2 Å². The molecule has 0 aromatic rings. The Kier molecular flexibility index (Phi) is 1.74. The first-order valence-corrected chi connectivity index (χ1v) is 4.56. The molecule has 1 saturated heterocycles. The van der Waals surface area contributed by atoms with Gasteiger partial charge in [0.05, 0.1) is 5.75 Å². The minimum atomic E-state index is -2.87. The summed E-state index contributed by atoms with van der Waals surface area (Å²) in [6, 6.07) is 0. The Hall–Kier alpha value is -0.130. The van der Waals surface area contributed by atoms with Crippen LogP contribution in [0.2, 0.25) is 0 Å². The number of nitrogens with one attached hydrogen (secondary N) is 1. The van der Waals surface area contributed by atoms with Gasteiger partial charge < -0.3 is 0 Å². The Morgan fingerprint density at radius 3 is 2.44 bits per heavy atom. The van der Waals surface area contributed by atoms with E-state index in [1.165, 1.54) is 0 Å². The van der Waals surface area contributed by atoms with Crippen molar-refractivity contribution in [2.24, 2.45) is 5.84 Å². The lowest BCUT2D eigenvalue weighted by Gasteiger charge is -2.04. The number of hydrogen-bond donors (Lipinski definition) is 2. The van der Waals surface area contributed by atoms with Crippen molar-refractivity contribution in [1.29, 1.82) is 0 Å². The van der Waals surface area contributed by atoms with E-state index in [2.05, 4.69) is 5.43 Å². The van der Waals surface area contributed by atoms with Crippen LogP contribution < -0.4 is 11.3 Å². The zero-order valence-electron chi connectivity index (χ0n) is 5.00. The normalized spacial score (nSPS) is 32.8. The van der Waals surface area contributed by atoms with E-state index in [4.69, 9.17) is 5.84 Å². The molecule has 0 radical (unpaired) electrons. The summed E-state index contributed by atoms with van der Waals surface area (Å²) in [5.74, 6) is 5.26. The first kappa shape index (κ1) is 6.98. The van der Waals surface area contributed by atoms with Gasteiger partial charge in [-0.25, -0.2) is 13.8 Å². The molecule has 0 aliphatic carbocycles. The van der Waals surface area contributed by atoms with Gasteiger partial charge in [0, 0.05) is 0 Å². The molecule has 0 aromatic heterocycles. The number of hydrogen-bond acceptors (Lipinski definition) is 4. The van der Waals surface area contributed by atoms with Crippen LogP contribution in [0.5, 0.6) is 0 Å². The number of hydrazine groups is 1. The molecule has 0 spiro atoms. The van der Waals surface area contributed by atoms with E-state index < -0.39 is 15.2 Å². The topological polar surface area (TPSA) is 72.2 Å². The van der Waals surface area contributed by atoms with Crippen molar-refractivity contribution in [3.8, 4) is 0 Å². The average Bonchev–Trinajstić information content (AvgIpc) is 2.08. The van der Waals surface area contributed by atoms with Gasteiger partial charge in [0.1, 0.15) is 5.37 Å². The van der Waals surface area contributed by atoms with E-state index in [0.29, 0.717) is 6.42 Å². The van der Waals surface area contributed by atoms with Gasteiger partial charge in [-0.1, -0.05) is 0 Å². The Balaban J connectivity index is 2.75. The SMILES string of the molecule is NNC1CCCS1(=O)=O. The fraction of sp³-hybridized carbons (Fsp3) is 1.00. The van der Waals surface area contributed by atoms with Crippen LogP contribution in [0.3, 0.4) is 0 Å². The molecule has 0 saturated carbocycles. The summed E-state index contributed by atoms with van der Waals surface area (Å²) in [4.78, 5) is 0. The summed E-state index contributed by atoms with van der Waals surface area (Å²) in [7, 11) is -2.87. The number of sulfone groups is 1. The highest BCUT2D eigenvalue weighted by Gasteiger charge is 2.29. The van der Waals surface area contributed by atoms with E-state index in [0.717, 1.165) is 6.42 Å². The standard InChI is InChI=1S/C4H10N2O2S/c5-6-4-2-1-3-9(4,7)8/h4,6H,1-3,5H2. The highest BCUT2D eigenvalue weighted by molar-refractivity contribution is 7.92. The quantitative estimate of drug-likeness (QED) is 0.371. The molecule has 1 atom stereocenters. The second-order valence-electron chi connectivity index (χ2n) is 2.16. The van der Waals surface area contributed by atoms with Gasteiger partial charge in [-0.2, -0.15) is 0 Å². The summed E-state index contributed by atoms with van der Waals surface area (Å²) in [5, 5.41) is -0.488. The lowest BCUT2D eigenvalue weighted by molar-refractivity contribution is 0.565. The van der Waals surface area contributed by atoms with Gasteiger partial charge in [-0.3, -0.25) is 5.84 Å². The van der Waals surface area contributed by atoms with Crippen LogP contribution in [0.1, 0.15) is 12.8 Å². The first-order valence-electron chi connectivity index (χ1n) is 2.84. The maximum absolute atomic E-state index is 10.9. The molecule has 1 unspecified atom stereocenters. The van der Waals surface area contributed by atoms with Crippen LogP contribution >= 0.6 is 0 Å². The molecule has 0 bridgehead atoms. The number of rotatable bonds is 1. The second-order valence-corrected chi connectivity index (χ2v) is 4.47. The van der Waals surface area contributed by atoms with Gasteiger partial charge >= 0.3 is 0 Å². The van der Waals surface area contributed by atoms with Crippen LogP contribution in [0.15, 0.2) is 0 Å². The van der Waals surface area contributed by atoms with E-state index in [1.807, 2.05) is 0 Å². The first-order chi connectivity index (χ1) is 4.17. The van der Waals surface area contributed by atoms with Gasteiger partial charge in [-0.05, 0) is 12.8 Å². The lowest BCUT2D eigenvalue weighted by Crippen LogP contribution is -2.38. The molecule has 1 fully saturated rings. The highest BCUT2D eigenvalue weighted by atomic mass is 32.2. The molecule has 54 valence electrons. The van der Waals surface area contributed by atoms with Crippen LogP contribution in [-0.2, 0) is 9.84 Å². The van der Waals surface area contributed by atoms with Crippen LogP contribution in [0, 0.1) is 0 Å². The second kappa shape index (κ2) is 2.24. The summed E-state index contributed by atoms with van der Waals surface area (Å²) >= 11 is 0. The molecule has 1 rings (SSSR count). The molecule has 0 aromatic carbocycles. The van der Waals surface area contributed by atoms with Gasteiger partial charge in [-0.15, -0.1) is 0 Å². The van der Waals surface area contributed by atoms with Crippen LogP contribution in [0.4, 0.5) is 0 Å². The molecule has 1 heterocycles. The van der Waals surface area contributed by atoms with Gasteiger partial charge in [0.2, 0.25) is 0 Å². The maximum Gasteiger partial charge on any atom is 0.167 e. The number of nitrogens with two attached hydrogens (primary N) is 1. The van der Waals surface area contributed by atoms with E-state index >= 15 is 0 Å². The molecule has 3 N–H and O–H groups in total. The minimum absolute atomic E-state index is 0.280. The van der Waals surface area contributed by atoms with Crippen molar-refractivity contribution < 1.29 is 8.42 Å². The predicted octanol–water partition coefficient (Wildman–Crippen LogP) is -1.02. The highest BCUT2D eigenvalue weighted by Crippen LogP contribution is 2.15. The third-order valence-corrected chi connectivity index (χ3v) is 3.61. The molecular formula is C4H10N2O2S. The Morgan fingerprint density at radius 2 is 2.22 bits per heavy atom. The molecule has 9 heavy (non-hydrogen) atoms. The summed E-state index contributed by atoms with van der Waals surface area (Å²) in [6.45, 7) is 0. The molecule has 4 nitrogen and oxygen atoms in total. The maximum atomic E-state index is 10.9. The van der Waals surface area contributed by atoms with E-state index in [-0.39, 0.29) is 5.75 Å². The van der Waals surface area contributed by atoms with Gasteiger partial charge in [0.25, 0.3) is 0 Å². The summed E-state index contributed by atoms with van der Waals surface area (Å²) < 4.78 is 21.7. The summed E-state index contributed by atoms with van der Waals surface area (Å²) in [6.07, 6.45) is 1.38. The monoisotopic (exact) mass is 150 g/mol. The largest absolute Gasteiger partial charge is 0.270 e. The minimum Gasteiger partial charge on any atom is -0.270 e. The molecule has 0 amide bonds. The fourth-order valence-electron chi connectivity index (χ4n) is 0.979. The van der Waals surface area contributed by atoms with Crippen molar-refractivity contribution >= 4 is 9.84 Å².